The van der Waals surface area contributed by atoms with E-state index >= 15 is 0 Å². The van der Waals surface area contributed by atoms with Gasteiger partial charge in [0.2, 0.25) is 5.75 Å². The van der Waals surface area contributed by atoms with Crippen molar-refractivity contribution in [2.75, 3.05) is 52.1 Å². The normalized spacial score (nSPS) is 13.3. The zero-order valence-electron chi connectivity index (χ0n) is 23.1. The number of methoxy groups -OCH3 is 3. The van der Waals surface area contributed by atoms with Crippen LogP contribution in [0.25, 0.3) is 11.3 Å². The van der Waals surface area contributed by atoms with Crippen molar-refractivity contribution in [1.82, 2.24) is 19.9 Å². The molecule has 5 rings (SSSR count). The van der Waals surface area contributed by atoms with Crippen molar-refractivity contribution in [3.63, 3.8) is 0 Å². The number of hydrogen-bond acceptors (Lipinski definition) is 11. The lowest BCUT2D eigenvalue weighted by Crippen LogP contribution is -2.41. The van der Waals surface area contributed by atoms with Crippen LogP contribution in [0.4, 0.5) is 28.7 Å². The predicted molar refractivity (Wildman–Crippen MR) is 161 cm³/mol. The lowest BCUT2D eigenvalue weighted by molar-refractivity contribution is -0.384. The molecule has 1 saturated heterocycles. The summed E-state index contributed by atoms with van der Waals surface area (Å²) in [4.78, 5) is 27.0. The highest BCUT2D eigenvalue weighted by atomic mass is 35.5. The van der Waals surface area contributed by atoms with Gasteiger partial charge in [0.15, 0.2) is 0 Å². The molecule has 0 bridgehead atoms. The summed E-state index contributed by atoms with van der Waals surface area (Å²) in [5.74, 6) is 1.83. The first-order chi connectivity index (χ1) is 20.2. The molecule has 0 saturated carbocycles. The molecule has 42 heavy (non-hydrogen) atoms. The van der Waals surface area contributed by atoms with Gasteiger partial charge in [0.1, 0.15) is 45.2 Å². The Kier molecular flexibility index (Phi) is 8.48. The smallest absolute Gasteiger partial charge is 0.334 e. The van der Waals surface area contributed by atoms with E-state index in [0.717, 1.165) is 18.7 Å². The minimum absolute atomic E-state index is 0.159. The van der Waals surface area contributed by atoms with Crippen molar-refractivity contribution in [2.45, 2.75) is 5.92 Å². The average molecular weight is 612 g/mol. The summed E-state index contributed by atoms with van der Waals surface area (Å²) in [6.07, 6.45) is 2.95. The van der Waals surface area contributed by atoms with Crippen LogP contribution in [0.15, 0.2) is 48.9 Å². The fraction of sp³-hybridized carbons (Fsp3) is 0.250. The lowest BCUT2D eigenvalue weighted by atomic mass is 9.90. The second kappa shape index (κ2) is 12.2. The van der Waals surface area contributed by atoms with Crippen LogP contribution in [-0.2, 0) is 0 Å². The fourth-order valence-corrected chi connectivity index (χ4v) is 5.43. The van der Waals surface area contributed by atoms with Crippen LogP contribution in [0.5, 0.6) is 17.2 Å². The Morgan fingerprint density at radius 3 is 2.31 bits per heavy atom. The van der Waals surface area contributed by atoms with Gasteiger partial charge in [-0.05, 0) is 25.2 Å². The third-order valence-corrected chi connectivity index (χ3v) is 7.63. The summed E-state index contributed by atoms with van der Waals surface area (Å²) in [6, 6.07) is 10.3. The maximum atomic E-state index is 12.2. The molecule has 3 heterocycles. The monoisotopic (exact) mass is 611 g/mol. The van der Waals surface area contributed by atoms with E-state index in [-0.39, 0.29) is 33.1 Å². The van der Waals surface area contributed by atoms with Crippen LogP contribution in [0, 0.1) is 10.1 Å². The highest BCUT2D eigenvalue weighted by Crippen LogP contribution is 2.46. The van der Waals surface area contributed by atoms with Gasteiger partial charge < -0.3 is 29.7 Å². The quantitative estimate of drug-likeness (QED) is 0.154. The van der Waals surface area contributed by atoms with E-state index in [2.05, 4.69) is 30.5 Å². The number of ether oxygens (including phenoxy) is 3. The van der Waals surface area contributed by atoms with Gasteiger partial charge in [0.05, 0.1) is 37.6 Å². The van der Waals surface area contributed by atoms with E-state index in [1.54, 1.807) is 36.5 Å². The van der Waals surface area contributed by atoms with E-state index in [9.17, 15) is 10.1 Å². The number of likely N-dealkylation sites (tertiary alicyclic amines) is 1. The van der Waals surface area contributed by atoms with Gasteiger partial charge >= 0.3 is 5.69 Å². The van der Waals surface area contributed by atoms with Crippen molar-refractivity contribution in [2.24, 2.45) is 0 Å². The number of nitro groups is 1. The zero-order valence-corrected chi connectivity index (χ0v) is 24.7. The first-order valence-electron chi connectivity index (χ1n) is 12.7. The van der Waals surface area contributed by atoms with Crippen molar-refractivity contribution in [1.29, 1.82) is 0 Å². The van der Waals surface area contributed by atoms with Crippen LogP contribution in [0.1, 0.15) is 11.5 Å². The summed E-state index contributed by atoms with van der Waals surface area (Å²) in [5.41, 5.74) is 2.28. The number of pyridine rings is 1. The molecular formula is C28H27Cl2N7O5. The number of hydrogen-bond donors (Lipinski definition) is 2. The number of likely N-dealkylation sites (N-methyl/N-ethyl adjacent to an activating group) is 1. The van der Waals surface area contributed by atoms with Gasteiger partial charge in [-0.15, -0.1) is 0 Å². The molecule has 0 spiro atoms. The Hall–Kier alpha value is -4.39. The predicted octanol–water partition coefficient (Wildman–Crippen LogP) is 6.30. The molecule has 14 heteroatoms. The Morgan fingerprint density at radius 1 is 0.976 bits per heavy atom. The minimum atomic E-state index is -0.450. The van der Waals surface area contributed by atoms with Crippen molar-refractivity contribution in [3.05, 3.63) is 74.6 Å². The highest BCUT2D eigenvalue weighted by Gasteiger charge is 2.33. The number of nitrogens with zero attached hydrogens (tertiary/aromatic N) is 5. The number of halogens is 2. The van der Waals surface area contributed by atoms with Crippen LogP contribution in [-0.4, -0.2) is 66.2 Å². The molecule has 2 N–H and O–H groups in total. The Balaban J connectivity index is 1.50. The number of benzene rings is 2. The fourth-order valence-electron chi connectivity index (χ4n) is 4.84. The van der Waals surface area contributed by atoms with Crippen molar-refractivity contribution >= 4 is 51.9 Å². The molecule has 0 atom stereocenters. The topological polar surface area (TPSA) is 137 Å². The Labute approximate surface area is 251 Å². The molecular weight excluding hydrogens is 585 g/mol. The van der Waals surface area contributed by atoms with Gasteiger partial charge in [-0.25, -0.2) is 15.0 Å². The average Bonchev–Trinajstić information content (AvgIpc) is 2.98. The molecule has 0 unspecified atom stereocenters. The molecule has 0 amide bonds. The van der Waals surface area contributed by atoms with E-state index < -0.39 is 4.92 Å². The van der Waals surface area contributed by atoms with Crippen molar-refractivity contribution < 1.29 is 19.1 Å². The van der Waals surface area contributed by atoms with Gasteiger partial charge in [-0.3, -0.25) is 10.1 Å². The highest BCUT2D eigenvalue weighted by molar-refractivity contribution is 6.41. The second-order valence-corrected chi connectivity index (χ2v) is 10.2. The van der Waals surface area contributed by atoms with E-state index in [4.69, 9.17) is 37.4 Å². The maximum Gasteiger partial charge on any atom is 0.334 e. The molecule has 0 aliphatic carbocycles. The molecule has 12 nitrogen and oxygen atoms in total. The summed E-state index contributed by atoms with van der Waals surface area (Å²) >= 11 is 13.1. The molecule has 2 aromatic heterocycles. The van der Waals surface area contributed by atoms with E-state index in [1.165, 1.54) is 27.7 Å². The number of rotatable bonds is 10. The largest absolute Gasteiger partial charge is 0.495 e. The standard InChI is InChI=1S/C28H27Cl2N7O5/c1-36-12-15(13-36)16-7-8-18(26(37(38)39)27(16)42-4)34-22-10-19(32-14-33-22)17-6-5-9-31-28(17)35-25-23(29)20(40-2)11-21(41-3)24(25)30/h5-11,14-15H,12-13H2,1-4H3,(H,31,35)(H,32,33,34). The maximum absolute atomic E-state index is 12.2. The number of aromatic nitrogens is 3. The van der Waals surface area contributed by atoms with Gasteiger partial charge in [-0.1, -0.05) is 29.3 Å². The van der Waals surface area contributed by atoms with Gasteiger partial charge in [0, 0.05) is 48.5 Å². The third kappa shape index (κ3) is 5.56. The summed E-state index contributed by atoms with van der Waals surface area (Å²) < 4.78 is 16.3. The van der Waals surface area contributed by atoms with E-state index in [0.29, 0.717) is 40.1 Å². The lowest BCUT2D eigenvalue weighted by Gasteiger charge is -2.37. The molecule has 0 radical (unpaired) electrons. The minimum Gasteiger partial charge on any atom is -0.495 e. The van der Waals surface area contributed by atoms with Gasteiger partial charge in [-0.2, -0.15) is 0 Å². The third-order valence-electron chi connectivity index (χ3n) is 6.88. The number of nitrogens with one attached hydrogen (secondary N) is 2. The molecule has 4 aromatic rings. The van der Waals surface area contributed by atoms with Crippen LogP contribution in [0.2, 0.25) is 10.0 Å². The van der Waals surface area contributed by atoms with E-state index in [1.807, 2.05) is 13.1 Å². The molecule has 2 aromatic carbocycles. The molecule has 1 fully saturated rings. The van der Waals surface area contributed by atoms with Crippen LogP contribution >= 0.6 is 23.2 Å². The second-order valence-electron chi connectivity index (χ2n) is 9.48. The van der Waals surface area contributed by atoms with Crippen LogP contribution in [0.3, 0.4) is 0 Å². The number of nitro benzene ring substituents is 1. The molecule has 1 aliphatic rings. The van der Waals surface area contributed by atoms with Crippen molar-refractivity contribution in [3.8, 4) is 28.5 Å². The first-order valence-corrected chi connectivity index (χ1v) is 13.5. The zero-order chi connectivity index (χ0) is 30.0. The Bertz CT molecular complexity index is 1620. The molecule has 1 aliphatic heterocycles. The summed E-state index contributed by atoms with van der Waals surface area (Å²) in [5, 5.41) is 18.9. The summed E-state index contributed by atoms with van der Waals surface area (Å²) in [7, 11) is 6.41. The Morgan fingerprint density at radius 2 is 1.69 bits per heavy atom. The first kappa shape index (κ1) is 29.1. The van der Waals surface area contributed by atoms with Gasteiger partial charge in [0.25, 0.3) is 0 Å². The SMILES string of the molecule is COc1cc(OC)c(Cl)c(Nc2ncccc2-c2cc(Nc3ccc(C4CN(C)C4)c(OC)c3[N+](=O)[O-])ncn2)c1Cl. The number of anilines is 4. The summed E-state index contributed by atoms with van der Waals surface area (Å²) in [6.45, 7) is 1.60. The molecule has 218 valence electrons. The van der Waals surface area contributed by atoms with Crippen LogP contribution < -0.4 is 24.8 Å².